The summed E-state index contributed by atoms with van der Waals surface area (Å²) in [7, 11) is 0. The Hall–Kier alpha value is -1.35. The molecule has 1 unspecified atom stereocenters. The highest BCUT2D eigenvalue weighted by Crippen LogP contribution is 2.33. The molecule has 0 bridgehead atoms. The zero-order valence-electron chi connectivity index (χ0n) is 13.4. The molecule has 1 aromatic rings. The smallest absolute Gasteiger partial charge is 0.223 e. The molecule has 2 N–H and O–H groups in total. The predicted molar refractivity (Wildman–Crippen MR) is 89.3 cm³/mol. The molecular weight excluding hydrogens is 272 g/mol. The molecule has 1 heterocycles. The van der Waals surface area contributed by atoms with Crippen LogP contribution < -0.4 is 5.73 Å². The molecule has 120 valence electrons. The Morgan fingerprint density at radius 1 is 1.05 bits per heavy atom. The van der Waals surface area contributed by atoms with Crippen LogP contribution in [0, 0.1) is 5.92 Å². The van der Waals surface area contributed by atoms with Gasteiger partial charge in [0.05, 0.1) is 6.04 Å². The number of hydrogen-bond acceptors (Lipinski definition) is 2. The number of nitrogens with zero attached hydrogens (tertiary/aromatic N) is 1. The van der Waals surface area contributed by atoms with Crippen molar-refractivity contribution < 1.29 is 4.79 Å². The maximum Gasteiger partial charge on any atom is 0.223 e. The van der Waals surface area contributed by atoms with Crippen LogP contribution in [0.2, 0.25) is 0 Å². The normalized spacial score (nSPS) is 29.3. The third-order valence-electron chi connectivity index (χ3n) is 5.41. The highest BCUT2D eigenvalue weighted by atomic mass is 16.2. The summed E-state index contributed by atoms with van der Waals surface area (Å²) in [6.07, 6.45) is 8.70. The fourth-order valence-electron chi connectivity index (χ4n) is 4.09. The fraction of sp³-hybridized carbons (Fsp3) is 0.632. The molecule has 3 heteroatoms. The quantitative estimate of drug-likeness (QED) is 0.926. The zero-order chi connectivity index (χ0) is 15.4. The lowest BCUT2D eigenvalue weighted by atomic mass is 9.97. The number of nitrogens with two attached hydrogens (primary N) is 1. The van der Waals surface area contributed by atoms with Crippen molar-refractivity contribution in [2.24, 2.45) is 11.7 Å². The number of carbonyl (C=O) groups is 1. The van der Waals surface area contributed by atoms with E-state index in [-0.39, 0.29) is 12.1 Å². The van der Waals surface area contributed by atoms with Gasteiger partial charge in [0.15, 0.2) is 0 Å². The van der Waals surface area contributed by atoms with E-state index in [1.54, 1.807) is 0 Å². The molecule has 2 fully saturated rings. The molecule has 1 saturated heterocycles. The summed E-state index contributed by atoms with van der Waals surface area (Å²) >= 11 is 0. The molecule has 3 atom stereocenters. The molecule has 1 aliphatic carbocycles. The topological polar surface area (TPSA) is 46.3 Å². The molecule has 0 radical (unpaired) electrons. The predicted octanol–water partition coefficient (Wildman–Crippen LogP) is 3.65. The van der Waals surface area contributed by atoms with Crippen LogP contribution in [0.4, 0.5) is 0 Å². The Balaban J connectivity index is 1.74. The van der Waals surface area contributed by atoms with Crippen molar-refractivity contribution in [2.75, 3.05) is 6.54 Å². The van der Waals surface area contributed by atoms with E-state index in [2.05, 4.69) is 29.2 Å². The molecule has 1 amide bonds. The van der Waals surface area contributed by atoms with E-state index in [4.69, 9.17) is 5.73 Å². The SMILES string of the molecule is N[C@@H]1CCC[C@H]1CC(=O)N1CCCCCC1c1ccccc1. The summed E-state index contributed by atoms with van der Waals surface area (Å²) in [6.45, 7) is 0.903. The highest BCUT2D eigenvalue weighted by Gasteiger charge is 2.31. The van der Waals surface area contributed by atoms with Gasteiger partial charge in [-0.05, 0) is 37.2 Å². The molecule has 3 nitrogen and oxygen atoms in total. The van der Waals surface area contributed by atoms with Crippen LogP contribution in [0.15, 0.2) is 30.3 Å². The first-order chi connectivity index (χ1) is 10.8. The lowest BCUT2D eigenvalue weighted by molar-refractivity contribution is -0.134. The lowest BCUT2D eigenvalue weighted by Crippen LogP contribution is -2.37. The van der Waals surface area contributed by atoms with Gasteiger partial charge in [0, 0.05) is 19.0 Å². The van der Waals surface area contributed by atoms with Gasteiger partial charge in [0.25, 0.3) is 0 Å². The van der Waals surface area contributed by atoms with E-state index < -0.39 is 0 Å². The highest BCUT2D eigenvalue weighted by molar-refractivity contribution is 5.77. The number of likely N-dealkylation sites (tertiary alicyclic amines) is 1. The number of carbonyl (C=O) groups excluding carboxylic acids is 1. The Morgan fingerprint density at radius 3 is 2.59 bits per heavy atom. The van der Waals surface area contributed by atoms with Crippen LogP contribution in [0.1, 0.15) is 63.0 Å². The minimum atomic E-state index is 0.228. The Labute approximate surface area is 133 Å². The van der Waals surface area contributed by atoms with Gasteiger partial charge in [-0.2, -0.15) is 0 Å². The van der Waals surface area contributed by atoms with Crippen molar-refractivity contribution in [1.82, 2.24) is 4.90 Å². The second kappa shape index (κ2) is 7.28. The van der Waals surface area contributed by atoms with Crippen LogP contribution >= 0.6 is 0 Å². The van der Waals surface area contributed by atoms with Crippen LogP contribution in [0.3, 0.4) is 0 Å². The third kappa shape index (κ3) is 3.52. The second-order valence-corrected chi connectivity index (χ2v) is 6.92. The molecule has 1 saturated carbocycles. The fourth-order valence-corrected chi connectivity index (χ4v) is 4.09. The average molecular weight is 300 g/mol. The number of amides is 1. The van der Waals surface area contributed by atoms with Crippen molar-refractivity contribution >= 4 is 5.91 Å². The second-order valence-electron chi connectivity index (χ2n) is 6.92. The van der Waals surface area contributed by atoms with Crippen molar-refractivity contribution in [3.63, 3.8) is 0 Å². The van der Waals surface area contributed by atoms with E-state index in [0.29, 0.717) is 18.2 Å². The van der Waals surface area contributed by atoms with Gasteiger partial charge in [-0.1, -0.05) is 49.6 Å². The third-order valence-corrected chi connectivity index (χ3v) is 5.41. The summed E-state index contributed by atoms with van der Waals surface area (Å²) in [5.41, 5.74) is 7.45. The molecular formula is C19H28N2O. The van der Waals surface area contributed by atoms with E-state index in [1.807, 2.05) is 6.07 Å². The minimum Gasteiger partial charge on any atom is -0.336 e. The molecule has 2 aliphatic rings. The van der Waals surface area contributed by atoms with Crippen LogP contribution in [-0.2, 0) is 4.79 Å². The van der Waals surface area contributed by atoms with E-state index in [9.17, 15) is 4.79 Å². The molecule has 0 spiro atoms. The summed E-state index contributed by atoms with van der Waals surface area (Å²) in [6, 6.07) is 11.0. The van der Waals surface area contributed by atoms with Gasteiger partial charge < -0.3 is 10.6 Å². The van der Waals surface area contributed by atoms with Crippen molar-refractivity contribution in [1.29, 1.82) is 0 Å². The number of rotatable bonds is 3. The van der Waals surface area contributed by atoms with Crippen molar-refractivity contribution in [3.05, 3.63) is 35.9 Å². The number of benzene rings is 1. The van der Waals surface area contributed by atoms with Crippen molar-refractivity contribution in [2.45, 2.75) is 63.5 Å². The molecule has 0 aromatic heterocycles. The van der Waals surface area contributed by atoms with Gasteiger partial charge in [0.1, 0.15) is 0 Å². The summed E-state index contributed by atoms with van der Waals surface area (Å²) in [4.78, 5) is 15.1. The minimum absolute atomic E-state index is 0.228. The summed E-state index contributed by atoms with van der Waals surface area (Å²) in [5.74, 6) is 0.713. The standard InChI is InChI=1S/C19H28N2O/c20-17-11-7-10-16(17)14-19(22)21-13-6-2-5-12-18(21)15-8-3-1-4-9-15/h1,3-4,8-9,16-18H,2,5-7,10-14,20H2/t16-,17+,18?/m0/s1. The van der Waals surface area contributed by atoms with Gasteiger partial charge in [-0.15, -0.1) is 0 Å². The van der Waals surface area contributed by atoms with Crippen LogP contribution in [0.25, 0.3) is 0 Å². The van der Waals surface area contributed by atoms with E-state index in [1.165, 1.54) is 24.8 Å². The maximum atomic E-state index is 12.9. The van der Waals surface area contributed by atoms with E-state index in [0.717, 1.165) is 32.2 Å². The van der Waals surface area contributed by atoms with Gasteiger partial charge >= 0.3 is 0 Å². The Bertz CT molecular complexity index is 487. The van der Waals surface area contributed by atoms with Crippen molar-refractivity contribution in [3.8, 4) is 0 Å². The van der Waals surface area contributed by atoms with E-state index >= 15 is 0 Å². The first-order valence-corrected chi connectivity index (χ1v) is 8.85. The zero-order valence-corrected chi connectivity index (χ0v) is 13.4. The molecule has 22 heavy (non-hydrogen) atoms. The maximum absolute atomic E-state index is 12.9. The molecule has 3 rings (SSSR count). The monoisotopic (exact) mass is 300 g/mol. The summed E-state index contributed by atoms with van der Waals surface area (Å²) < 4.78 is 0. The molecule has 1 aromatic carbocycles. The van der Waals surface area contributed by atoms with Gasteiger partial charge in [-0.3, -0.25) is 4.79 Å². The van der Waals surface area contributed by atoms with Gasteiger partial charge in [0.2, 0.25) is 5.91 Å². The first-order valence-electron chi connectivity index (χ1n) is 8.85. The Morgan fingerprint density at radius 2 is 1.86 bits per heavy atom. The molecule has 1 aliphatic heterocycles. The number of hydrogen-bond donors (Lipinski definition) is 1. The van der Waals surface area contributed by atoms with Crippen LogP contribution in [-0.4, -0.2) is 23.4 Å². The Kier molecular flexibility index (Phi) is 5.14. The van der Waals surface area contributed by atoms with Gasteiger partial charge in [-0.25, -0.2) is 0 Å². The first kappa shape index (κ1) is 15.5. The van der Waals surface area contributed by atoms with Crippen LogP contribution in [0.5, 0.6) is 0 Å². The summed E-state index contributed by atoms with van der Waals surface area (Å²) in [5, 5.41) is 0. The largest absolute Gasteiger partial charge is 0.336 e. The average Bonchev–Trinajstić information content (AvgIpc) is 2.80. The lowest BCUT2D eigenvalue weighted by Gasteiger charge is -2.32.